The van der Waals surface area contributed by atoms with E-state index in [1.165, 1.54) is 17.5 Å². The van der Waals surface area contributed by atoms with Crippen LogP contribution in [0, 0.1) is 5.92 Å². The summed E-state index contributed by atoms with van der Waals surface area (Å²) < 4.78 is 0. The summed E-state index contributed by atoms with van der Waals surface area (Å²) in [6, 6.07) is 8.97. The normalized spacial score (nSPS) is 13.1. The SMILES string of the molecule is CCC(NCc1ccccc1CN)C(C)C. The third kappa shape index (κ3) is 3.62. The molecule has 0 fully saturated rings. The van der Waals surface area contributed by atoms with Gasteiger partial charge in [0.1, 0.15) is 0 Å². The zero-order chi connectivity index (χ0) is 12.0. The summed E-state index contributed by atoms with van der Waals surface area (Å²) in [6.45, 7) is 8.29. The van der Waals surface area contributed by atoms with E-state index < -0.39 is 0 Å². The topological polar surface area (TPSA) is 38.0 Å². The second kappa shape index (κ2) is 6.66. The molecule has 0 spiro atoms. The van der Waals surface area contributed by atoms with E-state index in [1.807, 2.05) is 6.07 Å². The Labute approximate surface area is 99.2 Å². The summed E-state index contributed by atoms with van der Waals surface area (Å²) in [5.74, 6) is 0.676. The first kappa shape index (κ1) is 13.2. The Hall–Kier alpha value is -0.860. The lowest BCUT2D eigenvalue weighted by atomic mass is 10.0. The van der Waals surface area contributed by atoms with E-state index >= 15 is 0 Å². The van der Waals surface area contributed by atoms with Gasteiger partial charge in [-0.15, -0.1) is 0 Å². The summed E-state index contributed by atoms with van der Waals surface area (Å²) >= 11 is 0. The molecule has 0 aliphatic heterocycles. The van der Waals surface area contributed by atoms with Crippen LogP contribution in [0.25, 0.3) is 0 Å². The van der Waals surface area contributed by atoms with Crippen molar-refractivity contribution in [3.63, 3.8) is 0 Å². The van der Waals surface area contributed by atoms with Crippen LogP contribution < -0.4 is 11.1 Å². The van der Waals surface area contributed by atoms with Crippen LogP contribution >= 0.6 is 0 Å². The maximum atomic E-state index is 5.72. The first-order valence-electron chi connectivity index (χ1n) is 6.19. The smallest absolute Gasteiger partial charge is 0.0211 e. The first-order chi connectivity index (χ1) is 7.69. The second-order valence-corrected chi connectivity index (χ2v) is 4.61. The molecule has 3 N–H and O–H groups in total. The van der Waals surface area contributed by atoms with Crippen LogP contribution in [0.15, 0.2) is 24.3 Å². The highest BCUT2D eigenvalue weighted by atomic mass is 14.9. The number of hydrogen-bond acceptors (Lipinski definition) is 2. The molecule has 2 heteroatoms. The van der Waals surface area contributed by atoms with E-state index in [1.54, 1.807) is 0 Å². The van der Waals surface area contributed by atoms with Crippen molar-refractivity contribution in [3.8, 4) is 0 Å². The maximum absolute atomic E-state index is 5.72. The minimum Gasteiger partial charge on any atom is -0.326 e. The fraction of sp³-hybridized carbons (Fsp3) is 0.571. The predicted octanol–water partition coefficient (Wildman–Crippen LogP) is 2.67. The van der Waals surface area contributed by atoms with Crippen molar-refractivity contribution < 1.29 is 0 Å². The zero-order valence-electron chi connectivity index (χ0n) is 10.7. The lowest BCUT2D eigenvalue weighted by Crippen LogP contribution is -2.33. The summed E-state index contributed by atoms with van der Waals surface area (Å²) in [7, 11) is 0. The van der Waals surface area contributed by atoms with Gasteiger partial charge >= 0.3 is 0 Å². The van der Waals surface area contributed by atoms with Gasteiger partial charge in [-0.2, -0.15) is 0 Å². The van der Waals surface area contributed by atoms with Gasteiger partial charge in [0.15, 0.2) is 0 Å². The standard InChI is InChI=1S/C14H24N2/c1-4-14(11(2)3)16-10-13-8-6-5-7-12(13)9-15/h5-8,11,14,16H,4,9-10,15H2,1-3H3. The fourth-order valence-electron chi connectivity index (χ4n) is 2.02. The van der Waals surface area contributed by atoms with Gasteiger partial charge in [-0.05, 0) is 23.5 Å². The van der Waals surface area contributed by atoms with E-state index in [4.69, 9.17) is 5.73 Å². The van der Waals surface area contributed by atoms with Crippen LogP contribution in [0.5, 0.6) is 0 Å². The molecule has 90 valence electrons. The Kier molecular flexibility index (Phi) is 5.50. The molecule has 1 aromatic rings. The van der Waals surface area contributed by atoms with Gasteiger partial charge in [0.25, 0.3) is 0 Å². The van der Waals surface area contributed by atoms with Crippen LogP contribution in [-0.2, 0) is 13.1 Å². The number of rotatable bonds is 6. The van der Waals surface area contributed by atoms with Crippen molar-refractivity contribution in [2.45, 2.75) is 46.3 Å². The molecule has 1 atom stereocenters. The Morgan fingerprint density at radius 3 is 2.31 bits per heavy atom. The van der Waals surface area contributed by atoms with Gasteiger partial charge in [-0.3, -0.25) is 0 Å². The molecule has 0 aliphatic rings. The van der Waals surface area contributed by atoms with Crippen molar-refractivity contribution in [2.75, 3.05) is 0 Å². The van der Waals surface area contributed by atoms with Crippen molar-refractivity contribution >= 4 is 0 Å². The van der Waals surface area contributed by atoms with Crippen LogP contribution in [0.4, 0.5) is 0 Å². The number of nitrogens with one attached hydrogen (secondary N) is 1. The number of benzene rings is 1. The fourth-order valence-corrected chi connectivity index (χ4v) is 2.02. The molecule has 0 aromatic heterocycles. The molecule has 0 saturated heterocycles. The third-order valence-corrected chi connectivity index (χ3v) is 3.14. The van der Waals surface area contributed by atoms with Crippen LogP contribution in [0.3, 0.4) is 0 Å². The Morgan fingerprint density at radius 2 is 1.81 bits per heavy atom. The Bertz CT molecular complexity index is 307. The molecule has 2 nitrogen and oxygen atoms in total. The average Bonchev–Trinajstić information content (AvgIpc) is 2.30. The largest absolute Gasteiger partial charge is 0.326 e. The molecule has 0 aliphatic carbocycles. The van der Waals surface area contributed by atoms with E-state index in [-0.39, 0.29) is 0 Å². The van der Waals surface area contributed by atoms with Gasteiger partial charge < -0.3 is 11.1 Å². The maximum Gasteiger partial charge on any atom is 0.0211 e. The van der Waals surface area contributed by atoms with Crippen molar-refractivity contribution in [2.24, 2.45) is 11.7 Å². The molecular weight excluding hydrogens is 196 g/mol. The van der Waals surface area contributed by atoms with E-state index in [2.05, 4.69) is 44.3 Å². The van der Waals surface area contributed by atoms with Crippen molar-refractivity contribution in [1.29, 1.82) is 0 Å². The quantitative estimate of drug-likeness (QED) is 0.773. The van der Waals surface area contributed by atoms with E-state index in [0.29, 0.717) is 18.5 Å². The predicted molar refractivity (Wildman–Crippen MR) is 70.1 cm³/mol. The van der Waals surface area contributed by atoms with E-state index in [0.717, 1.165) is 6.54 Å². The second-order valence-electron chi connectivity index (χ2n) is 4.61. The Morgan fingerprint density at radius 1 is 1.19 bits per heavy atom. The average molecular weight is 220 g/mol. The monoisotopic (exact) mass is 220 g/mol. The number of nitrogens with two attached hydrogens (primary N) is 1. The molecule has 16 heavy (non-hydrogen) atoms. The molecule has 0 radical (unpaired) electrons. The van der Waals surface area contributed by atoms with E-state index in [9.17, 15) is 0 Å². The summed E-state index contributed by atoms with van der Waals surface area (Å²) in [6.07, 6.45) is 1.17. The summed E-state index contributed by atoms with van der Waals surface area (Å²) in [5, 5.41) is 3.60. The van der Waals surface area contributed by atoms with Crippen molar-refractivity contribution in [3.05, 3.63) is 35.4 Å². The van der Waals surface area contributed by atoms with Crippen molar-refractivity contribution in [1.82, 2.24) is 5.32 Å². The van der Waals surface area contributed by atoms with Gasteiger partial charge in [0.2, 0.25) is 0 Å². The highest BCUT2D eigenvalue weighted by Gasteiger charge is 2.10. The highest BCUT2D eigenvalue weighted by Crippen LogP contribution is 2.10. The van der Waals surface area contributed by atoms with Gasteiger partial charge in [0, 0.05) is 19.1 Å². The van der Waals surface area contributed by atoms with Crippen LogP contribution in [0.1, 0.15) is 38.3 Å². The van der Waals surface area contributed by atoms with Gasteiger partial charge in [-0.1, -0.05) is 45.0 Å². The van der Waals surface area contributed by atoms with Crippen LogP contribution in [0.2, 0.25) is 0 Å². The molecule has 0 amide bonds. The molecule has 1 unspecified atom stereocenters. The molecule has 1 aromatic carbocycles. The molecule has 0 bridgehead atoms. The molecular formula is C14H24N2. The zero-order valence-corrected chi connectivity index (χ0v) is 10.7. The highest BCUT2D eigenvalue weighted by molar-refractivity contribution is 5.26. The Balaban J connectivity index is 2.59. The van der Waals surface area contributed by atoms with Gasteiger partial charge in [-0.25, -0.2) is 0 Å². The minimum atomic E-state index is 0.589. The lowest BCUT2D eigenvalue weighted by Gasteiger charge is -2.21. The molecule has 1 rings (SSSR count). The lowest BCUT2D eigenvalue weighted by molar-refractivity contribution is 0.387. The summed E-state index contributed by atoms with van der Waals surface area (Å²) in [4.78, 5) is 0. The minimum absolute atomic E-state index is 0.589. The molecule has 0 heterocycles. The first-order valence-corrected chi connectivity index (χ1v) is 6.19. The summed E-state index contributed by atoms with van der Waals surface area (Å²) in [5.41, 5.74) is 8.29. The van der Waals surface area contributed by atoms with Gasteiger partial charge in [0.05, 0.1) is 0 Å². The van der Waals surface area contributed by atoms with Crippen LogP contribution in [-0.4, -0.2) is 6.04 Å². The third-order valence-electron chi connectivity index (χ3n) is 3.14. The number of hydrogen-bond donors (Lipinski definition) is 2. The molecule has 0 saturated carbocycles.